The Kier molecular flexibility index (Phi) is 3.57. The predicted octanol–water partition coefficient (Wildman–Crippen LogP) is 0.993. The Labute approximate surface area is 104 Å². The first-order valence-corrected chi connectivity index (χ1v) is 5.64. The Balaban J connectivity index is 2.15. The van der Waals surface area contributed by atoms with Crippen molar-refractivity contribution in [3.63, 3.8) is 0 Å². The van der Waals surface area contributed by atoms with Crippen LogP contribution >= 0.6 is 0 Å². The number of likely N-dealkylation sites (N-methyl/N-ethyl adjacent to an activating group) is 1. The van der Waals surface area contributed by atoms with E-state index in [4.69, 9.17) is 0 Å². The molecule has 2 aromatic rings. The molecule has 0 saturated heterocycles. The first kappa shape index (κ1) is 12.5. The maximum absolute atomic E-state index is 13.1. The number of rotatable bonds is 4. The molecule has 6 heteroatoms. The van der Waals surface area contributed by atoms with Gasteiger partial charge in [0.2, 0.25) is 0 Å². The Bertz CT molecular complexity index is 564. The van der Waals surface area contributed by atoms with Crippen LogP contribution in [0.2, 0.25) is 0 Å². The molecule has 2 rings (SSSR count). The topological polar surface area (TPSA) is 61.0 Å². The van der Waals surface area contributed by atoms with Gasteiger partial charge in [0, 0.05) is 18.5 Å². The molecule has 2 N–H and O–H groups in total. The summed E-state index contributed by atoms with van der Waals surface area (Å²) in [6.45, 7) is 1.26. The molecule has 5 nitrogen and oxygen atoms in total. The molecule has 0 bridgehead atoms. The average Bonchev–Trinajstić information content (AvgIpc) is 2.71. The van der Waals surface area contributed by atoms with E-state index in [1.54, 1.807) is 6.07 Å². The zero-order chi connectivity index (χ0) is 13.1. The number of hydrogen-bond donors (Lipinski definition) is 2. The van der Waals surface area contributed by atoms with Gasteiger partial charge >= 0.3 is 0 Å². The lowest BCUT2D eigenvalue weighted by Crippen LogP contribution is -2.31. The molecular formula is C12H15FN4O. The van der Waals surface area contributed by atoms with E-state index in [1.807, 2.05) is 19.0 Å². The van der Waals surface area contributed by atoms with Gasteiger partial charge < -0.3 is 10.2 Å². The monoisotopic (exact) mass is 250 g/mol. The second-order valence-electron chi connectivity index (χ2n) is 4.32. The van der Waals surface area contributed by atoms with Crippen molar-refractivity contribution in [1.29, 1.82) is 0 Å². The predicted molar refractivity (Wildman–Crippen MR) is 66.9 cm³/mol. The molecule has 0 radical (unpaired) electrons. The van der Waals surface area contributed by atoms with Crippen LogP contribution in [0.25, 0.3) is 10.9 Å². The maximum Gasteiger partial charge on any atom is 0.272 e. The highest BCUT2D eigenvalue weighted by molar-refractivity contribution is 6.04. The van der Waals surface area contributed by atoms with Crippen LogP contribution in [0.1, 0.15) is 10.5 Å². The molecular weight excluding hydrogens is 235 g/mol. The highest BCUT2D eigenvalue weighted by Crippen LogP contribution is 2.16. The zero-order valence-corrected chi connectivity index (χ0v) is 10.3. The molecule has 0 aliphatic heterocycles. The van der Waals surface area contributed by atoms with Crippen molar-refractivity contribution >= 4 is 16.8 Å². The van der Waals surface area contributed by atoms with Crippen LogP contribution in [-0.2, 0) is 0 Å². The standard InChI is InChI=1S/C12H15FN4O/c1-17(2)6-5-14-12(18)11-9-7-8(13)3-4-10(9)15-16-11/h3-4,7H,5-6H2,1-2H3,(H,14,18)(H,15,16). The summed E-state index contributed by atoms with van der Waals surface area (Å²) in [6, 6.07) is 4.20. The van der Waals surface area contributed by atoms with Crippen LogP contribution in [0.4, 0.5) is 4.39 Å². The molecule has 0 saturated carbocycles. The number of nitrogens with one attached hydrogen (secondary N) is 2. The van der Waals surface area contributed by atoms with Gasteiger partial charge in [-0.1, -0.05) is 0 Å². The van der Waals surface area contributed by atoms with Crippen molar-refractivity contribution in [3.8, 4) is 0 Å². The van der Waals surface area contributed by atoms with E-state index in [0.29, 0.717) is 17.4 Å². The number of benzene rings is 1. The molecule has 1 aromatic heterocycles. The van der Waals surface area contributed by atoms with E-state index in [9.17, 15) is 9.18 Å². The number of carbonyl (C=O) groups excluding carboxylic acids is 1. The number of aromatic amines is 1. The molecule has 18 heavy (non-hydrogen) atoms. The van der Waals surface area contributed by atoms with Gasteiger partial charge in [-0.15, -0.1) is 0 Å². The summed E-state index contributed by atoms with van der Waals surface area (Å²) in [5.41, 5.74) is 0.873. The highest BCUT2D eigenvalue weighted by atomic mass is 19.1. The molecule has 0 atom stereocenters. The molecule has 0 spiro atoms. The second kappa shape index (κ2) is 5.14. The lowest BCUT2D eigenvalue weighted by molar-refractivity contribution is 0.0947. The molecule has 0 aliphatic carbocycles. The summed E-state index contributed by atoms with van der Waals surface area (Å²) in [5.74, 6) is -0.681. The SMILES string of the molecule is CN(C)CCNC(=O)c1n[nH]c2ccc(F)cc12. The summed E-state index contributed by atoms with van der Waals surface area (Å²) in [7, 11) is 3.84. The summed E-state index contributed by atoms with van der Waals surface area (Å²) in [4.78, 5) is 13.8. The second-order valence-corrected chi connectivity index (χ2v) is 4.32. The van der Waals surface area contributed by atoms with Crippen molar-refractivity contribution in [2.75, 3.05) is 27.2 Å². The lowest BCUT2D eigenvalue weighted by Gasteiger charge is -2.09. The molecule has 0 unspecified atom stereocenters. The van der Waals surface area contributed by atoms with Gasteiger partial charge in [0.15, 0.2) is 5.69 Å². The Morgan fingerprint density at radius 2 is 2.28 bits per heavy atom. The quantitative estimate of drug-likeness (QED) is 0.850. The minimum Gasteiger partial charge on any atom is -0.349 e. The number of carbonyl (C=O) groups is 1. The number of fused-ring (bicyclic) bond motifs is 1. The lowest BCUT2D eigenvalue weighted by atomic mass is 10.2. The number of hydrogen-bond acceptors (Lipinski definition) is 3. The molecule has 0 aliphatic rings. The largest absolute Gasteiger partial charge is 0.349 e. The fraction of sp³-hybridized carbons (Fsp3) is 0.333. The number of nitrogens with zero attached hydrogens (tertiary/aromatic N) is 2. The maximum atomic E-state index is 13.1. The first-order valence-electron chi connectivity index (χ1n) is 5.64. The van der Waals surface area contributed by atoms with E-state index in [1.165, 1.54) is 12.1 Å². The molecule has 1 heterocycles. The van der Waals surface area contributed by atoms with E-state index < -0.39 is 0 Å². The van der Waals surface area contributed by atoms with E-state index >= 15 is 0 Å². The Morgan fingerprint density at radius 3 is 3.00 bits per heavy atom. The van der Waals surface area contributed by atoms with Crippen molar-refractivity contribution in [2.45, 2.75) is 0 Å². The third-order valence-electron chi connectivity index (χ3n) is 2.58. The van der Waals surface area contributed by atoms with Crippen molar-refractivity contribution in [2.24, 2.45) is 0 Å². The third-order valence-corrected chi connectivity index (χ3v) is 2.58. The summed E-state index contributed by atoms with van der Waals surface area (Å²) in [5, 5.41) is 9.86. The van der Waals surface area contributed by atoms with E-state index in [-0.39, 0.29) is 17.4 Å². The van der Waals surface area contributed by atoms with Gasteiger partial charge in [0.05, 0.1) is 5.52 Å². The van der Waals surface area contributed by atoms with Crippen LogP contribution in [0.3, 0.4) is 0 Å². The Hall–Kier alpha value is -1.95. The molecule has 0 fully saturated rings. The fourth-order valence-corrected chi connectivity index (χ4v) is 1.64. The number of aromatic nitrogens is 2. The van der Waals surface area contributed by atoms with Crippen LogP contribution < -0.4 is 5.32 Å². The average molecular weight is 250 g/mol. The molecule has 96 valence electrons. The first-order chi connectivity index (χ1) is 8.58. The number of halogens is 1. The van der Waals surface area contributed by atoms with Gasteiger partial charge in [-0.05, 0) is 32.3 Å². The van der Waals surface area contributed by atoms with Crippen LogP contribution in [-0.4, -0.2) is 48.2 Å². The highest BCUT2D eigenvalue weighted by Gasteiger charge is 2.14. The van der Waals surface area contributed by atoms with Crippen LogP contribution in [0, 0.1) is 5.82 Å². The van der Waals surface area contributed by atoms with E-state index in [0.717, 1.165) is 6.54 Å². The zero-order valence-electron chi connectivity index (χ0n) is 10.3. The minimum absolute atomic E-state index is 0.225. The van der Waals surface area contributed by atoms with Gasteiger partial charge in [0.1, 0.15) is 5.82 Å². The van der Waals surface area contributed by atoms with Gasteiger partial charge in [-0.2, -0.15) is 5.10 Å². The smallest absolute Gasteiger partial charge is 0.272 e. The third kappa shape index (κ3) is 2.65. The van der Waals surface area contributed by atoms with E-state index in [2.05, 4.69) is 15.5 Å². The van der Waals surface area contributed by atoms with Crippen molar-refractivity contribution < 1.29 is 9.18 Å². The number of H-pyrrole nitrogens is 1. The molecule has 1 aromatic carbocycles. The Morgan fingerprint density at radius 1 is 1.50 bits per heavy atom. The number of amides is 1. The minimum atomic E-state index is -0.383. The summed E-state index contributed by atoms with van der Waals surface area (Å²) >= 11 is 0. The van der Waals surface area contributed by atoms with Crippen molar-refractivity contribution in [1.82, 2.24) is 20.4 Å². The van der Waals surface area contributed by atoms with Crippen LogP contribution in [0.15, 0.2) is 18.2 Å². The fourth-order valence-electron chi connectivity index (χ4n) is 1.64. The summed E-state index contributed by atoms with van der Waals surface area (Å²) in [6.07, 6.45) is 0. The summed E-state index contributed by atoms with van der Waals surface area (Å²) < 4.78 is 13.1. The van der Waals surface area contributed by atoms with Gasteiger partial charge in [0.25, 0.3) is 5.91 Å². The molecule has 1 amide bonds. The van der Waals surface area contributed by atoms with Gasteiger partial charge in [-0.3, -0.25) is 9.89 Å². The van der Waals surface area contributed by atoms with Gasteiger partial charge in [-0.25, -0.2) is 4.39 Å². The normalized spacial score (nSPS) is 11.1. The van der Waals surface area contributed by atoms with Crippen molar-refractivity contribution in [3.05, 3.63) is 29.7 Å². The van der Waals surface area contributed by atoms with Crippen LogP contribution in [0.5, 0.6) is 0 Å².